The number of carbonyl (C=O) groups is 6. The molecule has 0 aliphatic carbocycles. The lowest BCUT2D eigenvalue weighted by atomic mass is 10.0. The molecule has 3 rings (SSSR count). The van der Waals surface area contributed by atoms with Crippen molar-refractivity contribution in [1.29, 1.82) is 0 Å². The first-order valence-electron chi connectivity index (χ1n) is 13.1. The van der Waals surface area contributed by atoms with Gasteiger partial charge in [0.1, 0.15) is 23.9 Å². The maximum Gasteiger partial charge on any atom is 0.326 e. The van der Waals surface area contributed by atoms with Crippen molar-refractivity contribution in [2.24, 2.45) is 11.5 Å². The first-order chi connectivity index (χ1) is 20.3. The number of H-pyrrole nitrogens is 1. The van der Waals surface area contributed by atoms with Crippen LogP contribution in [0.25, 0.3) is 10.9 Å². The van der Waals surface area contributed by atoms with Crippen molar-refractivity contribution in [3.05, 3.63) is 65.9 Å². The van der Waals surface area contributed by atoms with Gasteiger partial charge in [-0.3, -0.25) is 24.0 Å². The fraction of sp³-hybridized carbons (Fsp3) is 0.286. The van der Waals surface area contributed by atoms with E-state index in [9.17, 15) is 44.1 Å². The summed E-state index contributed by atoms with van der Waals surface area (Å²) in [5.74, 6) is -6.77. The van der Waals surface area contributed by atoms with Crippen LogP contribution < -0.4 is 27.4 Å². The second kappa shape index (κ2) is 14.5. The highest BCUT2D eigenvalue weighted by Crippen LogP contribution is 2.19. The van der Waals surface area contributed by atoms with E-state index >= 15 is 0 Å². The van der Waals surface area contributed by atoms with Gasteiger partial charge in [0.15, 0.2) is 0 Å². The monoisotopic (exact) mass is 596 g/mol. The van der Waals surface area contributed by atoms with Gasteiger partial charge in [0.25, 0.3) is 0 Å². The van der Waals surface area contributed by atoms with Gasteiger partial charge in [-0.2, -0.15) is 0 Å². The number of nitrogens with two attached hydrogens (primary N) is 2. The predicted molar refractivity (Wildman–Crippen MR) is 151 cm³/mol. The number of benzene rings is 2. The number of primary amides is 1. The van der Waals surface area contributed by atoms with Crippen LogP contribution >= 0.6 is 0 Å². The molecule has 0 spiro atoms. The molecular weight excluding hydrogens is 564 g/mol. The summed E-state index contributed by atoms with van der Waals surface area (Å²) in [6.45, 7) is 0. The molecule has 0 aliphatic heterocycles. The number of hydrogen-bond donors (Lipinski definition) is 9. The summed E-state index contributed by atoms with van der Waals surface area (Å²) in [6.07, 6.45) is -0.115. The van der Waals surface area contributed by atoms with Crippen LogP contribution in [0, 0.1) is 0 Å². The number of amides is 4. The van der Waals surface area contributed by atoms with Crippen LogP contribution in [0.4, 0.5) is 0 Å². The lowest BCUT2D eigenvalue weighted by molar-refractivity contribution is -0.143. The smallest absolute Gasteiger partial charge is 0.326 e. The van der Waals surface area contributed by atoms with Gasteiger partial charge in [0, 0.05) is 29.9 Å². The average Bonchev–Trinajstić information content (AvgIpc) is 3.35. The number of aliphatic carboxylic acids is 2. The number of hydrogen-bond acceptors (Lipinski definition) is 8. The molecule has 4 unspecified atom stereocenters. The van der Waals surface area contributed by atoms with Crippen LogP contribution in [-0.2, 0) is 41.6 Å². The van der Waals surface area contributed by atoms with Crippen LogP contribution in [0.1, 0.15) is 24.0 Å². The number of carbonyl (C=O) groups excluding carboxylic acids is 4. The van der Waals surface area contributed by atoms with Crippen LogP contribution in [0.2, 0.25) is 0 Å². The standard InChI is InChI=1S/C28H32N6O9/c29-18(11-23(30)36)25(39)32-21(12-24(37)38)27(41)33-20(9-14-5-7-16(35)8-6-14)26(40)34-22(28(42)43)10-15-13-31-19-4-2-1-3-17(15)19/h1-8,13,18,20-22,31,35H,9-12,29H2,(H2,30,36)(H,32,39)(H,33,41)(H,34,40)(H,37,38)(H,42,43). The summed E-state index contributed by atoms with van der Waals surface area (Å²) < 4.78 is 0. The summed E-state index contributed by atoms with van der Waals surface area (Å²) in [6, 6.07) is 6.81. The highest BCUT2D eigenvalue weighted by molar-refractivity contribution is 5.96. The molecule has 4 amide bonds. The lowest BCUT2D eigenvalue weighted by Crippen LogP contribution is -2.58. The number of nitrogens with one attached hydrogen (secondary N) is 4. The molecule has 0 saturated carbocycles. The van der Waals surface area contributed by atoms with E-state index in [0.717, 1.165) is 10.9 Å². The maximum atomic E-state index is 13.4. The number of aromatic amines is 1. The molecule has 0 radical (unpaired) electrons. The first-order valence-corrected chi connectivity index (χ1v) is 13.1. The zero-order valence-corrected chi connectivity index (χ0v) is 22.8. The van der Waals surface area contributed by atoms with Gasteiger partial charge < -0.3 is 47.7 Å². The van der Waals surface area contributed by atoms with Crippen LogP contribution in [0.3, 0.4) is 0 Å². The normalized spacial score (nSPS) is 13.7. The molecule has 1 aromatic heterocycles. The Morgan fingerprint density at radius 3 is 2.00 bits per heavy atom. The van der Waals surface area contributed by atoms with Gasteiger partial charge in [0.05, 0.1) is 18.9 Å². The summed E-state index contributed by atoms with van der Waals surface area (Å²) in [4.78, 5) is 76.7. The Hall–Kier alpha value is -5.44. The van der Waals surface area contributed by atoms with Crippen LogP contribution in [0.15, 0.2) is 54.7 Å². The number of phenolic OH excluding ortho intramolecular Hbond substituents is 1. The van der Waals surface area contributed by atoms with Gasteiger partial charge >= 0.3 is 11.9 Å². The van der Waals surface area contributed by atoms with E-state index in [1.807, 2.05) is 6.07 Å². The quantitative estimate of drug-likeness (QED) is 0.102. The van der Waals surface area contributed by atoms with Gasteiger partial charge in [-0.25, -0.2) is 4.79 Å². The molecule has 0 saturated heterocycles. The molecule has 43 heavy (non-hydrogen) atoms. The summed E-state index contributed by atoms with van der Waals surface area (Å²) in [7, 11) is 0. The number of para-hydroxylation sites is 1. The van der Waals surface area contributed by atoms with E-state index in [2.05, 4.69) is 20.9 Å². The third-order valence-corrected chi connectivity index (χ3v) is 6.49. The predicted octanol–water partition coefficient (Wildman–Crippen LogP) is -1.12. The number of aromatic hydroxyl groups is 1. The summed E-state index contributed by atoms with van der Waals surface area (Å²) >= 11 is 0. The number of fused-ring (bicyclic) bond motifs is 1. The van der Waals surface area contributed by atoms with Gasteiger partial charge in [-0.1, -0.05) is 30.3 Å². The molecule has 11 N–H and O–H groups in total. The maximum absolute atomic E-state index is 13.4. The highest BCUT2D eigenvalue weighted by atomic mass is 16.4. The topological polar surface area (TPSA) is 267 Å². The fourth-order valence-electron chi connectivity index (χ4n) is 4.31. The largest absolute Gasteiger partial charge is 0.508 e. The second-order valence-electron chi connectivity index (χ2n) is 9.83. The van der Waals surface area contributed by atoms with Crippen LogP contribution in [0.5, 0.6) is 5.75 Å². The Bertz CT molecular complexity index is 1500. The molecule has 1 heterocycles. The molecule has 2 aromatic carbocycles. The van der Waals surface area contributed by atoms with Crippen molar-refractivity contribution in [3.63, 3.8) is 0 Å². The fourth-order valence-corrected chi connectivity index (χ4v) is 4.31. The minimum absolute atomic E-state index is 0.0602. The minimum atomic E-state index is -1.71. The molecular formula is C28H32N6O9. The Morgan fingerprint density at radius 2 is 1.37 bits per heavy atom. The molecule has 0 fully saturated rings. The molecule has 228 valence electrons. The van der Waals surface area contributed by atoms with Crippen molar-refractivity contribution < 1.29 is 44.1 Å². The molecule has 0 aliphatic rings. The van der Waals surface area contributed by atoms with E-state index in [1.165, 1.54) is 24.3 Å². The number of phenols is 1. The van der Waals surface area contributed by atoms with Gasteiger partial charge in [0.2, 0.25) is 23.6 Å². The van der Waals surface area contributed by atoms with E-state index < -0.39 is 72.6 Å². The molecule has 15 nitrogen and oxygen atoms in total. The number of aromatic nitrogens is 1. The Balaban J connectivity index is 1.83. The Kier molecular flexibility index (Phi) is 10.8. The van der Waals surface area contributed by atoms with Crippen LogP contribution in [-0.4, -0.2) is 80.0 Å². The number of carboxylic acid groups (broad SMARTS) is 2. The van der Waals surface area contributed by atoms with Crippen molar-refractivity contribution >= 4 is 46.5 Å². The van der Waals surface area contributed by atoms with Gasteiger partial charge in [-0.15, -0.1) is 0 Å². The van der Waals surface area contributed by atoms with Gasteiger partial charge in [-0.05, 0) is 29.3 Å². The number of rotatable bonds is 15. The molecule has 3 aromatic rings. The third-order valence-electron chi connectivity index (χ3n) is 6.49. The molecule has 15 heteroatoms. The van der Waals surface area contributed by atoms with Crippen molar-refractivity contribution in [3.8, 4) is 5.75 Å². The van der Waals surface area contributed by atoms with E-state index in [1.54, 1.807) is 24.4 Å². The zero-order chi connectivity index (χ0) is 31.7. The average molecular weight is 597 g/mol. The van der Waals surface area contributed by atoms with E-state index in [4.69, 9.17) is 11.5 Å². The SMILES string of the molecule is NC(=O)CC(N)C(=O)NC(CC(=O)O)C(=O)NC(Cc1ccc(O)cc1)C(=O)NC(Cc1c[nH]c2ccccc12)C(=O)O. The Labute approximate surface area is 244 Å². The number of carboxylic acids is 2. The second-order valence-corrected chi connectivity index (χ2v) is 9.83. The van der Waals surface area contributed by atoms with Crippen molar-refractivity contribution in [2.45, 2.75) is 49.9 Å². The van der Waals surface area contributed by atoms with Crippen molar-refractivity contribution in [2.75, 3.05) is 0 Å². The first kappa shape index (κ1) is 32.1. The molecule has 4 atom stereocenters. The third kappa shape index (κ3) is 9.29. The lowest BCUT2D eigenvalue weighted by Gasteiger charge is -2.25. The van der Waals surface area contributed by atoms with Crippen molar-refractivity contribution in [1.82, 2.24) is 20.9 Å². The minimum Gasteiger partial charge on any atom is -0.508 e. The summed E-state index contributed by atoms with van der Waals surface area (Å²) in [5, 5.41) is 36.5. The molecule has 0 bridgehead atoms. The highest BCUT2D eigenvalue weighted by Gasteiger charge is 2.32. The van der Waals surface area contributed by atoms with E-state index in [0.29, 0.717) is 11.1 Å². The summed E-state index contributed by atoms with van der Waals surface area (Å²) in [5.41, 5.74) is 12.5. The Morgan fingerprint density at radius 1 is 0.767 bits per heavy atom. The van der Waals surface area contributed by atoms with E-state index in [-0.39, 0.29) is 18.6 Å². The zero-order valence-electron chi connectivity index (χ0n) is 22.8.